The van der Waals surface area contributed by atoms with Crippen molar-refractivity contribution in [1.82, 2.24) is 5.32 Å². The fraction of sp³-hybridized carbons (Fsp3) is 0.273. The molecule has 0 aliphatic heterocycles. The van der Waals surface area contributed by atoms with Crippen molar-refractivity contribution in [1.29, 1.82) is 0 Å². The molecule has 0 aliphatic rings. The summed E-state index contributed by atoms with van der Waals surface area (Å²) in [4.78, 5) is 11.6. The number of nitrogens with one attached hydrogen (secondary N) is 1. The molecule has 1 aromatic rings. The van der Waals surface area contributed by atoms with Crippen molar-refractivity contribution >= 4 is 11.7 Å². The van der Waals surface area contributed by atoms with Gasteiger partial charge in [-0.1, -0.05) is 24.2 Å². The van der Waals surface area contributed by atoms with Gasteiger partial charge in [-0.05, 0) is 18.6 Å². The lowest BCUT2D eigenvalue weighted by atomic mass is 10.1. The van der Waals surface area contributed by atoms with Crippen LogP contribution < -0.4 is 11.1 Å². The van der Waals surface area contributed by atoms with Gasteiger partial charge in [0.2, 0.25) is 0 Å². The molecule has 86 valence electrons. The molecule has 0 bridgehead atoms. The van der Waals surface area contributed by atoms with Crippen molar-refractivity contribution in [3.8, 4) is 0 Å². The highest BCUT2D eigenvalue weighted by Gasteiger charge is 2.06. The number of carbonyl (C=O) groups excluding carboxylic acids is 1. The Kier molecular flexibility index (Phi) is 4.32. The Hall–Kier alpha value is -2.04. The molecular formula is C11H15N3O2. The van der Waals surface area contributed by atoms with Gasteiger partial charge in [0.15, 0.2) is 5.84 Å². The second kappa shape index (κ2) is 5.75. The first-order valence-corrected chi connectivity index (χ1v) is 5.05. The lowest BCUT2D eigenvalue weighted by Gasteiger charge is -2.05. The van der Waals surface area contributed by atoms with E-state index in [1.54, 1.807) is 24.3 Å². The molecular weight excluding hydrogens is 206 g/mol. The summed E-state index contributed by atoms with van der Waals surface area (Å²) in [6.45, 7) is 2.61. The van der Waals surface area contributed by atoms with E-state index in [1.165, 1.54) is 0 Å². The predicted molar refractivity (Wildman–Crippen MR) is 61.6 cm³/mol. The highest BCUT2D eigenvalue weighted by Crippen LogP contribution is 2.05. The Bertz CT molecular complexity index is 402. The second-order valence-corrected chi connectivity index (χ2v) is 3.32. The monoisotopic (exact) mass is 221 g/mol. The fourth-order valence-corrected chi connectivity index (χ4v) is 1.22. The van der Waals surface area contributed by atoms with Crippen LogP contribution in [-0.4, -0.2) is 23.5 Å². The number of amides is 1. The number of hydrogen-bond acceptors (Lipinski definition) is 3. The molecule has 1 amide bonds. The van der Waals surface area contributed by atoms with Crippen molar-refractivity contribution in [2.45, 2.75) is 13.3 Å². The molecule has 0 unspecified atom stereocenters. The van der Waals surface area contributed by atoms with Gasteiger partial charge >= 0.3 is 0 Å². The molecule has 4 N–H and O–H groups in total. The van der Waals surface area contributed by atoms with Gasteiger partial charge in [0, 0.05) is 17.7 Å². The number of rotatable bonds is 4. The van der Waals surface area contributed by atoms with Gasteiger partial charge in [-0.25, -0.2) is 0 Å². The Morgan fingerprint density at radius 1 is 1.50 bits per heavy atom. The Morgan fingerprint density at radius 2 is 2.19 bits per heavy atom. The minimum Gasteiger partial charge on any atom is -0.409 e. The summed E-state index contributed by atoms with van der Waals surface area (Å²) in [5.41, 5.74) is 6.45. The lowest BCUT2D eigenvalue weighted by Crippen LogP contribution is -2.24. The topological polar surface area (TPSA) is 87.7 Å². The summed E-state index contributed by atoms with van der Waals surface area (Å²) in [6.07, 6.45) is 0.881. The lowest BCUT2D eigenvalue weighted by molar-refractivity contribution is 0.0953. The van der Waals surface area contributed by atoms with E-state index in [1.807, 2.05) is 6.92 Å². The van der Waals surface area contributed by atoms with E-state index in [-0.39, 0.29) is 11.7 Å². The normalized spacial score (nSPS) is 11.2. The maximum absolute atomic E-state index is 11.6. The molecule has 0 atom stereocenters. The third-order valence-electron chi connectivity index (χ3n) is 2.06. The van der Waals surface area contributed by atoms with E-state index < -0.39 is 0 Å². The van der Waals surface area contributed by atoms with Gasteiger partial charge in [-0.2, -0.15) is 0 Å². The SMILES string of the molecule is CCCNC(=O)c1cccc(/C(N)=N/O)c1. The molecule has 0 saturated heterocycles. The molecule has 0 heterocycles. The minimum absolute atomic E-state index is 0.00913. The number of hydrogen-bond donors (Lipinski definition) is 3. The van der Waals surface area contributed by atoms with Gasteiger partial charge in [0.1, 0.15) is 0 Å². The van der Waals surface area contributed by atoms with Crippen LogP contribution in [0, 0.1) is 0 Å². The summed E-state index contributed by atoms with van der Waals surface area (Å²) in [6, 6.07) is 6.62. The molecule has 0 radical (unpaired) electrons. The highest BCUT2D eigenvalue weighted by atomic mass is 16.4. The van der Waals surface area contributed by atoms with Crippen LogP contribution >= 0.6 is 0 Å². The van der Waals surface area contributed by atoms with E-state index in [0.29, 0.717) is 17.7 Å². The zero-order valence-corrected chi connectivity index (χ0v) is 9.10. The van der Waals surface area contributed by atoms with Crippen LogP contribution in [0.4, 0.5) is 0 Å². The maximum Gasteiger partial charge on any atom is 0.251 e. The molecule has 5 heteroatoms. The zero-order chi connectivity index (χ0) is 12.0. The molecule has 0 aliphatic carbocycles. The van der Waals surface area contributed by atoms with Crippen LogP contribution in [-0.2, 0) is 0 Å². The van der Waals surface area contributed by atoms with Gasteiger partial charge in [0.05, 0.1) is 0 Å². The van der Waals surface area contributed by atoms with Crippen molar-refractivity contribution in [2.75, 3.05) is 6.54 Å². The number of carbonyl (C=O) groups is 1. The first-order chi connectivity index (χ1) is 7.69. The van der Waals surface area contributed by atoms with Crippen molar-refractivity contribution in [2.24, 2.45) is 10.9 Å². The van der Waals surface area contributed by atoms with E-state index in [4.69, 9.17) is 10.9 Å². The number of nitrogens with two attached hydrogens (primary N) is 1. The van der Waals surface area contributed by atoms with Gasteiger partial charge in [0.25, 0.3) is 5.91 Å². The molecule has 1 aromatic carbocycles. The highest BCUT2D eigenvalue weighted by molar-refractivity contribution is 6.01. The van der Waals surface area contributed by atoms with E-state index >= 15 is 0 Å². The molecule has 1 rings (SSSR count). The number of amidine groups is 1. The van der Waals surface area contributed by atoms with E-state index in [9.17, 15) is 4.79 Å². The Morgan fingerprint density at radius 3 is 2.81 bits per heavy atom. The molecule has 0 spiro atoms. The first kappa shape index (κ1) is 12.0. The van der Waals surface area contributed by atoms with E-state index in [0.717, 1.165) is 6.42 Å². The number of benzene rings is 1. The summed E-state index contributed by atoms with van der Waals surface area (Å²) in [7, 11) is 0. The van der Waals surface area contributed by atoms with Crippen LogP contribution in [0.15, 0.2) is 29.4 Å². The van der Waals surface area contributed by atoms with E-state index in [2.05, 4.69) is 10.5 Å². The van der Waals surface area contributed by atoms with Gasteiger partial charge < -0.3 is 16.3 Å². The first-order valence-electron chi connectivity index (χ1n) is 5.05. The average molecular weight is 221 g/mol. The maximum atomic E-state index is 11.6. The smallest absolute Gasteiger partial charge is 0.251 e. The zero-order valence-electron chi connectivity index (χ0n) is 9.10. The molecule has 16 heavy (non-hydrogen) atoms. The van der Waals surface area contributed by atoms with Crippen molar-refractivity contribution in [3.05, 3.63) is 35.4 Å². The Labute approximate surface area is 94.0 Å². The predicted octanol–water partition coefficient (Wildman–Crippen LogP) is 0.921. The van der Waals surface area contributed by atoms with Crippen LogP contribution in [0.1, 0.15) is 29.3 Å². The number of nitrogens with zero attached hydrogens (tertiary/aromatic N) is 1. The minimum atomic E-state index is -0.158. The van der Waals surface area contributed by atoms with Gasteiger partial charge in [-0.15, -0.1) is 0 Å². The summed E-state index contributed by atoms with van der Waals surface area (Å²) in [5.74, 6) is -0.167. The standard InChI is InChI=1S/C11H15N3O2/c1-2-6-13-11(15)9-5-3-4-8(7-9)10(12)14-16/h3-5,7,16H,2,6H2,1H3,(H2,12,14)(H,13,15). The van der Waals surface area contributed by atoms with Crippen LogP contribution in [0.2, 0.25) is 0 Å². The largest absolute Gasteiger partial charge is 0.409 e. The summed E-state index contributed by atoms with van der Waals surface area (Å²) < 4.78 is 0. The van der Waals surface area contributed by atoms with Gasteiger partial charge in [-0.3, -0.25) is 4.79 Å². The molecule has 0 fully saturated rings. The second-order valence-electron chi connectivity index (χ2n) is 3.32. The fourth-order valence-electron chi connectivity index (χ4n) is 1.22. The third kappa shape index (κ3) is 2.98. The quantitative estimate of drug-likeness (QED) is 0.306. The van der Waals surface area contributed by atoms with Crippen molar-refractivity contribution < 1.29 is 10.0 Å². The number of oxime groups is 1. The van der Waals surface area contributed by atoms with Crippen molar-refractivity contribution in [3.63, 3.8) is 0 Å². The molecule has 5 nitrogen and oxygen atoms in total. The summed E-state index contributed by atoms with van der Waals surface area (Å²) in [5, 5.41) is 14.2. The molecule has 0 saturated carbocycles. The summed E-state index contributed by atoms with van der Waals surface area (Å²) >= 11 is 0. The third-order valence-corrected chi connectivity index (χ3v) is 2.06. The van der Waals surface area contributed by atoms with Crippen LogP contribution in [0.5, 0.6) is 0 Å². The van der Waals surface area contributed by atoms with Crippen LogP contribution in [0.25, 0.3) is 0 Å². The van der Waals surface area contributed by atoms with Crippen LogP contribution in [0.3, 0.4) is 0 Å². The Balaban J connectivity index is 2.86. The molecule has 0 aromatic heterocycles. The average Bonchev–Trinajstić information content (AvgIpc) is 2.35.